The van der Waals surface area contributed by atoms with E-state index in [1.807, 2.05) is 0 Å². The summed E-state index contributed by atoms with van der Waals surface area (Å²) in [5, 5.41) is 25.2. The number of rotatable bonds is 0. The molecule has 0 aromatic heterocycles. The summed E-state index contributed by atoms with van der Waals surface area (Å²) in [7, 11) is -2.92. The molecule has 7 heavy (non-hydrogen) atoms. The van der Waals surface area contributed by atoms with E-state index < -0.39 is 7.32 Å². The van der Waals surface area contributed by atoms with Gasteiger partial charge in [0.05, 0.1) is 0 Å². The van der Waals surface area contributed by atoms with Gasteiger partial charge in [-0.1, -0.05) is 0 Å². The first kappa shape index (κ1) is 24.4. The second-order valence-corrected chi connectivity index (χ2v) is 0.289. The maximum atomic E-state index is 8.42. The zero-order chi connectivity index (χ0) is 3.58. The van der Waals surface area contributed by atoms with Crippen molar-refractivity contribution >= 4 is 24.7 Å². The molecule has 0 heterocycles. The van der Waals surface area contributed by atoms with E-state index in [1.165, 1.54) is 0 Å². The topological polar surface area (TPSA) is 97.7 Å². The molecule has 0 aromatic carbocycles. The molecule has 0 radical (unpaired) electrons. The Morgan fingerprint density at radius 1 is 1.00 bits per heavy atom. The van der Waals surface area contributed by atoms with Gasteiger partial charge < -0.3 is 20.5 Å². The zero-order valence-electron chi connectivity index (χ0n) is 3.49. The third kappa shape index (κ3) is 161. The second kappa shape index (κ2) is 15.7. The molecule has 0 bridgehead atoms. The third-order valence-electron chi connectivity index (χ3n) is 0. The molecule has 0 amide bonds. The van der Waals surface area contributed by atoms with Gasteiger partial charge in [-0.15, -0.1) is 0 Å². The van der Waals surface area contributed by atoms with E-state index in [2.05, 4.69) is 0 Å². The molecular formula is AlBO4Zn. The molecule has 4 nitrogen and oxygen atoms in total. The van der Waals surface area contributed by atoms with Gasteiger partial charge in [-0.3, -0.25) is 7.32 Å². The summed E-state index contributed by atoms with van der Waals surface area (Å²) >= 11 is 0. The van der Waals surface area contributed by atoms with Crippen LogP contribution in [0.15, 0.2) is 0 Å². The smallest absolute Gasteiger partial charge is 2.00 e. The molecule has 0 aromatic rings. The zero-order valence-corrected chi connectivity index (χ0v) is 7.62. The average molecular weight is 167 g/mol. The summed E-state index contributed by atoms with van der Waals surface area (Å²) in [5.74, 6) is 0. The van der Waals surface area contributed by atoms with Crippen LogP contribution in [-0.4, -0.2) is 24.7 Å². The predicted octanol–water partition coefficient (Wildman–Crippen LogP) is -4.45. The summed E-state index contributed by atoms with van der Waals surface area (Å²) in [5.41, 5.74) is 0. The van der Waals surface area contributed by atoms with E-state index >= 15 is 0 Å². The largest absolute Gasteiger partial charge is 3.00 e. The van der Waals surface area contributed by atoms with Crippen LogP contribution in [0, 0.1) is 0 Å². The molecule has 32 valence electrons. The Bertz CT molecular complexity index is 16.4. The molecule has 7 heteroatoms. The van der Waals surface area contributed by atoms with E-state index in [0.29, 0.717) is 0 Å². The summed E-state index contributed by atoms with van der Waals surface area (Å²) in [6, 6.07) is 0. The molecular weight excluding hydrogens is 167 g/mol. The molecule has 0 saturated carbocycles. The maximum absolute atomic E-state index is 8.42. The van der Waals surface area contributed by atoms with Crippen LogP contribution in [0.25, 0.3) is 0 Å². The fourth-order valence-electron chi connectivity index (χ4n) is 0. The Balaban J connectivity index is -0.0000000150. The van der Waals surface area contributed by atoms with Crippen LogP contribution in [0.4, 0.5) is 0 Å². The summed E-state index contributed by atoms with van der Waals surface area (Å²) < 4.78 is 0. The van der Waals surface area contributed by atoms with E-state index in [0.717, 1.165) is 0 Å². The van der Waals surface area contributed by atoms with E-state index in [9.17, 15) is 0 Å². The average Bonchev–Trinajstić information content (AvgIpc) is 0.811. The molecule has 0 aliphatic rings. The van der Waals surface area contributed by atoms with Crippen molar-refractivity contribution < 1.29 is 40.0 Å². The van der Waals surface area contributed by atoms with Gasteiger partial charge in [-0.05, 0) is 0 Å². The van der Waals surface area contributed by atoms with Crippen LogP contribution in [0.1, 0.15) is 0 Å². The van der Waals surface area contributed by atoms with Crippen molar-refractivity contribution in [2.45, 2.75) is 0 Å². The minimum Gasteiger partial charge on any atom is -2.00 e. The van der Waals surface area contributed by atoms with Crippen molar-refractivity contribution in [2.75, 3.05) is 0 Å². The Morgan fingerprint density at radius 3 is 1.00 bits per heavy atom. The van der Waals surface area contributed by atoms with E-state index in [1.54, 1.807) is 0 Å². The normalized spacial score (nSPS) is 3.86. The SMILES string of the molecule is [Al+3].[O-2].[O-]B([O-])[O-].[Zn+2]. The molecule has 0 aliphatic heterocycles. The van der Waals surface area contributed by atoms with Crippen LogP contribution < -0.4 is 15.1 Å². The standard InChI is InChI=1S/Al.BO3.O.Zn/c;2-1(3)4;;/q+3;-3;-2;+2. The number of hydrogen-bond acceptors (Lipinski definition) is 3. The molecule has 0 fully saturated rings. The third-order valence-corrected chi connectivity index (χ3v) is 0. The summed E-state index contributed by atoms with van der Waals surface area (Å²) in [6.07, 6.45) is 0. The van der Waals surface area contributed by atoms with Gasteiger partial charge >= 0.3 is 36.8 Å². The first-order valence-electron chi connectivity index (χ1n) is 0.707. The first-order valence-corrected chi connectivity index (χ1v) is 0.707. The van der Waals surface area contributed by atoms with Crippen LogP contribution >= 0.6 is 0 Å². The minimum atomic E-state index is -2.92. The summed E-state index contributed by atoms with van der Waals surface area (Å²) in [4.78, 5) is 0. The minimum absolute atomic E-state index is 0. The Hall–Kier alpha value is 1.06. The van der Waals surface area contributed by atoms with Crippen LogP contribution in [0.5, 0.6) is 0 Å². The van der Waals surface area contributed by atoms with Crippen molar-refractivity contribution in [3.05, 3.63) is 0 Å². The van der Waals surface area contributed by atoms with Crippen molar-refractivity contribution in [3.8, 4) is 0 Å². The molecule has 0 atom stereocenters. The fourth-order valence-corrected chi connectivity index (χ4v) is 0. The monoisotopic (exact) mass is 166 g/mol. The molecule has 0 saturated heterocycles. The quantitative estimate of drug-likeness (QED) is 0.340. The fraction of sp³-hybridized carbons (Fsp3) is 0. The van der Waals surface area contributed by atoms with Gasteiger partial charge in [-0.2, -0.15) is 0 Å². The van der Waals surface area contributed by atoms with E-state index in [-0.39, 0.29) is 42.3 Å². The Labute approximate surface area is 64.9 Å². The van der Waals surface area contributed by atoms with Gasteiger partial charge in [-0.25, -0.2) is 0 Å². The molecule has 0 rings (SSSR count). The predicted molar refractivity (Wildman–Crippen MR) is 12.2 cm³/mol. The first-order chi connectivity index (χ1) is 1.73. The maximum Gasteiger partial charge on any atom is 3.00 e. The van der Waals surface area contributed by atoms with Crippen molar-refractivity contribution in [1.29, 1.82) is 0 Å². The molecule has 0 unspecified atom stereocenters. The second-order valence-electron chi connectivity index (χ2n) is 0.289. The van der Waals surface area contributed by atoms with Crippen LogP contribution in [0.3, 0.4) is 0 Å². The van der Waals surface area contributed by atoms with E-state index in [4.69, 9.17) is 15.1 Å². The summed E-state index contributed by atoms with van der Waals surface area (Å²) in [6.45, 7) is 0. The molecule has 0 aliphatic carbocycles. The van der Waals surface area contributed by atoms with Gasteiger partial charge in [0.2, 0.25) is 0 Å². The van der Waals surface area contributed by atoms with Crippen molar-refractivity contribution in [1.82, 2.24) is 0 Å². The van der Waals surface area contributed by atoms with Gasteiger partial charge in [0, 0.05) is 0 Å². The Morgan fingerprint density at radius 2 is 1.00 bits per heavy atom. The Kier molecular flexibility index (Phi) is 54.8. The van der Waals surface area contributed by atoms with Crippen LogP contribution in [-0.2, 0) is 25.0 Å². The van der Waals surface area contributed by atoms with Gasteiger partial charge in [0.1, 0.15) is 0 Å². The molecule has 0 spiro atoms. The van der Waals surface area contributed by atoms with Crippen LogP contribution in [0.2, 0.25) is 0 Å². The van der Waals surface area contributed by atoms with Crippen molar-refractivity contribution in [2.24, 2.45) is 0 Å². The molecule has 0 N–H and O–H groups in total. The van der Waals surface area contributed by atoms with Crippen molar-refractivity contribution in [3.63, 3.8) is 0 Å². The van der Waals surface area contributed by atoms with Gasteiger partial charge in [0.15, 0.2) is 0 Å². The van der Waals surface area contributed by atoms with Gasteiger partial charge in [0.25, 0.3) is 0 Å². The number of hydrogen-bond donors (Lipinski definition) is 0.